The standard InChI is InChI=1S/C2H6BrNSi3/c1-5-4(6-2)7-3/h1-2H3. The first-order chi connectivity index (χ1) is 3.35. The van der Waals surface area contributed by atoms with Crippen molar-refractivity contribution in [3.8, 4) is 0 Å². The molecule has 0 amide bonds. The van der Waals surface area contributed by atoms with Gasteiger partial charge in [-0.3, -0.25) is 0 Å². The van der Waals surface area contributed by atoms with Gasteiger partial charge in [0.1, 0.15) is 19.4 Å². The van der Waals surface area contributed by atoms with Crippen LogP contribution in [0.3, 0.4) is 0 Å². The van der Waals surface area contributed by atoms with Crippen LogP contribution in [-0.4, -0.2) is 31.6 Å². The van der Waals surface area contributed by atoms with Crippen LogP contribution < -0.4 is 0 Å². The van der Waals surface area contributed by atoms with Gasteiger partial charge in [-0.25, -0.2) is 0 Å². The van der Waals surface area contributed by atoms with E-state index >= 15 is 0 Å². The Kier molecular flexibility index (Phi) is 6.05. The van der Waals surface area contributed by atoms with Crippen LogP contribution in [0.4, 0.5) is 0 Å². The van der Waals surface area contributed by atoms with E-state index in [0.29, 0.717) is 0 Å². The molecule has 0 rings (SSSR count). The Morgan fingerprint density at radius 1 is 1.29 bits per heavy atom. The van der Waals surface area contributed by atoms with Gasteiger partial charge in [0.15, 0.2) is 0 Å². The van der Waals surface area contributed by atoms with Crippen LogP contribution in [0, 0.1) is 0 Å². The maximum Gasteiger partial charge on any atom is 0.222 e. The van der Waals surface area contributed by atoms with Crippen molar-refractivity contribution in [2.75, 3.05) is 0 Å². The second-order valence-corrected chi connectivity index (χ2v) is 5.68. The third-order valence-corrected chi connectivity index (χ3v) is 7.98. The van der Waals surface area contributed by atoms with Gasteiger partial charge in [-0.2, -0.15) is 0 Å². The molecular weight excluding hydrogens is 202 g/mol. The van der Waals surface area contributed by atoms with Crippen LogP contribution >= 0.6 is 15.3 Å². The molecule has 0 atom stereocenters. The smallest absolute Gasteiger partial charge is 0.222 e. The van der Waals surface area contributed by atoms with Crippen LogP contribution in [0.5, 0.6) is 0 Å². The van der Waals surface area contributed by atoms with E-state index in [2.05, 4.69) is 32.3 Å². The Balaban J connectivity index is 2.99. The van der Waals surface area contributed by atoms with Crippen molar-refractivity contribution in [2.45, 2.75) is 13.1 Å². The van der Waals surface area contributed by atoms with Crippen molar-refractivity contribution in [1.82, 2.24) is 3.90 Å². The molecule has 0 saturated heterocycles. The van der Waals surface area contributed by atoms with Gasteiger partial charge in [0.05, 0.1) is 0 Å². The van der Waals surface area contributed by atoms with Gasteiger partial charge in [0.25, 0.3) is 0 Å². The van der Waals surface area contributed by atoms with E-state index in [1.165, 1.54) is 0 Å². The minimum Gasteiger partial charge on any atom is -0.365 e. The summed E-state index contributed by atoms with van der Waals surface area (Å²) < 4.78 is 2.38. The molecule has 0 unspecified atom stereocenters. The summed E-state index contributed by atoms with van der Waals surface area (Å²) in [6.45, 7) is 4.40. The second-order valence-electron chi connectivity index (χ2n) is 0.867. The molecule has 0 saturated carbocycles. The quantitative estimate of drug-likeness (QED) is 0.483. The van der Waals surface area contributed by atoms with Gasteiger partial charge in [0, 0.05) is 0 Å². The largest absolute Gasteiger partial charge is 0.365 e. The van der Waals surface area contributed by atoms with Crippen molar-refractivity contribution < 1.29 is 0 Å². The molecule has 0 bridgehead atoms. The van der Waals surface area contributed by atoms with Crippen LogP contribution in [-0.2, 0) is 0 Å². The molecule has 0 heterocycles. The predicted molar refractivity (Wildman–Crippen MR) is 39.8 cm³/mol. The average Bonchev–Trinajstić information content (AvgIpc) is 1.72. The Morgan fingerprint density at radius 2 is 1.71 bits per heavy atom. The monoisotopic (exact) mass is 207 g/mol. The highest BCUT2D eigenvalue weighted by molar-refractivity contribution is 9.23. The molecule has 1 nitrogen and oxygen atoms in total. The van der Waals surface area contributed by atoms with Crippen LogP contribution in [0.15, 0.2) is 0 Å². The van der Waals surface area contributed by atoms with Crippen molar-refractivity contribution in [2.24, 2.45) is 0 Å². The first kappa shape index (κ1) is 8.09. The lowest BCUT2D eigenvalue weighted by atomic mass is 11.9. The summed E-state index contributed by atoms with van der Waals surface area (Å²) in [5.74, 6) is 0. The summed E-state index contributed by atoms with van der Waals surface area (Å²) in [7, 11) is 2.74. The Hall–Kier alpha value is 1.09. The van der Waals surface area contributed by atoms with Crippen molar-refractivity contribution in [3.63, 3.8) is 0 Å². The molecule has 0 aliphatic carbocycles. The first-order valence-corrected chi connectivity index (χ1v) is 7.96. The minimum atomic E-state index is 0.819. The molecule has 6 radical (unpaired) electrons. The van der Waals surface area contributed by atoms with E-state index in [0.717, 1.165) is 27.7 Å². The molecule has 0 aromatic heterocycles. The maximum atomic E-state index is 3.40. The van der Waals surface area contributed by atoms with Crippen molar-refractivity contribution in [1.29, 1.82) is 0 Å². The number of hydrogen-bond acceptors (Lipinski definition) is 1. The number of hydrogen-bond donors (Lipinski definition) is 0. The lowest BCUT2D eigenvalue weighted by Crippen LogP contribution is -2.28. The fourth-order valence-electron chi connectivity index (χ4n) is 0.196. The van der Waals surface area contributed by atoms with Crippen molar-refractivity contribution >= 4 is 43.0 Å². The summed E-state index contributed by atoms with van der Waals surface area (Å²) in [6.07, 6.45) is 0. The van der Waals surface area contributed by atoms with Gasteiger partial charge in [-0.05, 0) is 0 Å². The highest BCUT2D eigenvalue weighted by Crippen LogP contribution is 1.82. The third kappa shape index (κ3) is 3.65. The Bertz CT molecular complexity index is 34.4. The van der Waals surface area contributed by atoms with E-state index in [9.17, 15) is 0 Å². The molecule has 0 N–H and O–H groups in total. The second kappa shape index (κ2) is 5.23. The molecule has 0 aromatic carbocycles. The van der Waals surface area contributed by atoms with Gasteiger partial charge in [-0.1, -0.05) is 13.1 Å². The Labute approximate surface area is 60.1 Å². The van der Waals surface area contributed by atoms with Crippen LogP contribution in [0.1, 0.15) is 0 Å². The van der Waals surface area contributed by atoms with E-state index in [4.69, 9.17) is 0 Å². The third-order valence-electron chi connectivity index (χ3n) is 0.532. The zero-order chi connectivity index (χ0) is 5.70. The first-order valence-electron chi connectivity index (χ1n) is 1.86. The fraction of sp³-hybridized carbons (Fsp3) is 1.00. The van der Waals surface area contributed by atoms with Gasteiger partial charge >= 0.3 is 0 Å². The van der Waals surface area contributed by atoms with E-state index in [-0.39, 0.29) is 0 Å². The lowest BCUT2D eigenvalue weighted by Gasteiger charge is -2.08. The molecule has 5 heteroatoms. The fourth-order valence-corrected chi connectivity index (χ4v) is 4.96. The molecule has 0 fully saturated rings. The molecule has 38 valence electrons. The van der Waals surface area contributed by atoms with Crippen LogP contribution in [0.25, 0.3) is 0 Å². The van der Waals surface area contributed by atoms with Crippen molar-refractivity contribution in [3.05, 3.63) is 0 Å². The number of nitrogens with zero attached hydrogens (tertiary/aromatic N) is 1. The molecule has 0 aliphatic heterocycles. The highest BCUT2D eigenvalue weighted by Gasteiger charge is 1.95. The van der Waals surface area contributed by atoms with Crippen LogP contribution in [0.2, 0.25) is 13.1 Å². The molecule has 7 heavy (non-hydrogen) atoms. The topological polar surface area (TPSA) is 3.24 Å². The summed E-state index contributed by atoms with van der Waals surface area (Å²) in [5, 5.41) is 0. The Morgan fingerprint density at radius 3 is 1.71 bits per heavy atom. The zero-order valence-corrected chi connectivity index (χ0v) is 8.91. The zero-order valence-electron chi connectivity index (χ0n) is 4.33. The molecular formula is C2H6BrNSi3. The summed E-state index contributed by atoms with van der Waals surface area (Å²) in [6, 6.07) is 0. The number of rotatable bonds is 3. The minimum absolute atomic E-state index is 0.819. The summed E-state index contributed by atoms with van der Waals surface area (Å²) >= 11 is 3.40. The van der Waals surface area contributed by atoms with Gasteiger partial charge in [-0.15, -0.1) is 15.3 Å². The number of halogens is 1. The van der Waals surface area contributed by atoms with Gasteiger partial charge < -0.3 is 3.90 Å². The normalized spacial score (nSPS) is 10.3. The van der Waals surface area contributed by atoms with Gasteiger partial charge in [0.2, 0.25) is 8.30 Å². The highest BCUT2D eigenvalue weighted by atomic mass is 79.9. The van der Waals surface area contributed by atoms with E-state index in [1.54, 1.807) is 0 Å². The molecule has 0 aromatic rings. The summed E-state index contributed by atoms with van der Waals surface area (Å²) in [4.78, 5) is 0. The molecule has 0 spiro atoms. The molecule has 0 aliphatic rings. The average molecular weight is 208 g/mol. The lowest BCUT2D eigenvalue weighted by molar-refractivity contribution is 1.12. The predicted octanol–water partition coefficient (Wildman–Crippen LogP) is 0.552. The summed E-state index contributed by atoms with van der Waals surface area (Å²) in [5.41, 5.74) is 0. The maximum absolute atomic E-state index is 3.40. The van der Waals surface area contributed by atoms with E-state index < -0.39 is 0 Å². The van der Waals surface area contributed by atoms with E-state index in [1.807, 2.05) is 0 Å². The SMILES string of the molecule is C[Si]N([Si]C)[Si]Br.